The van der Waals surface area contributed by atoms with Crippen molar-refractivity contribution in [2.75, 3.05) is 55.7 Å². The van der Waals surface area contributed by atoms with Crippen molar-refractivity contribution in [1.82, 2.24) is 35.0 Å². The molecular formula is C27H36N8S. The molecule has 2 saturated heterocycles. The van der Waals surface area contributed by atoms with Crippen LogP contribution in [-0.2, 0) is 6.54 Å². The molecule has 0 radical (unpaired) electrons. The lowest BCUT2D eigenvalue weighted by Gasteiger charge is -2.37. The molecule has 0 bridgehead atoms. The highest BCUT2D eigenvalue weighted by molar-refractivity contribution is 7.99. The maximum atomic E-state index is 4.93. The van der Waals surface area contributed by atoms with Gasteiger partial charge in [0.05, 0.1) is 12.6 Å². The molecular weight excluding hydrogens is 468 g/mol. The Morgan fingerprint density at radius 1 is 0.889 bits per heavy atom. The number of aromatic nitrogens is 5. The molecule has 2 aliphatic heterocycles. The lowest BCUT2D eigenvalue weighted by molar-refractivity contribution is 0.127. The van der Waals surface area contributed by atoms with Crippen molar-refractivity contribution in [2.24, 2.45) is 0 Å². The molecule has 1 unspecified atom stereocenters. The zero-order chi connectivity index (χ0) is 24.2. The van der Waals surface area contributed by atoms with E-state index < -0.39 is 0 Å². The van der Waals surface area contributed by atoms with Crippen LogP contribution in [0.4, 0.5) is 5.82 Å². The molecule has 3 aliphatic rings. The predicted octanol–water partition coefficient (Wildman–Crippen LogP) is 3.32. The summed E-state index contributed by atoms with van der Waals surface area (Å²) >= 11 is 2.03. The zero-order valence-electron chi connectivity index (χ0n) is 21.0. The summed E-state index contributed by atoms with van der Waals surface area (Å²) in [4.78, 5) is 12.6. The van der Waals surface area contributed by atoms with Crippen molar-refractivity contribution >= 4 is 17.6 Å². The van der Waals surface area contributed by atoms with Gasteiger partial charge in [-0.25, -0.2) is 9.67 Å². The Labute approximate surface area is 218 Å². The van der Waals surface area contributed by atoms with E-state index in [4.69, 9.17) is 4.98 Å². The van der Waals surface area contributed by atoms with Crippen LogP contribution in [0.3, 0.4) is 0 Å². The average Bonchev–Trinajstić information content (AvgIpc) is 3.21. The fourth-order valence-electron chi connectivity index (χ4n) is 5.67. The highest BCUT2D eigenvalue weighted by Gasteiger charge is 2.32. The van der Waals surface area contributed by atoms with E-state index in [1.807, 2.05) is 22.5 Å². The Hall–Kier alpha value is -2.49. The number of rotatable bonds is 7. The number of benzene rings is 1. The summed E-state index contributed by atoms with van der Waals surface area (Å²) in [5.74, 6) is 4.32. The van der Waals surface area contributed by atoms with Crippen molar-refractivity contribution < 1.29 is 0 Å². The first-order valence-corrected chi connectivity index (χ1v) is 14.6. The summed E-state index contributed by atoms with van der Waals surface area (Å²) in [5, 5.41) is 13.1. The minimum atomic E-state index is -0.0106. The molecule has 1 aromatic carbocycles. The third-order valence-corrected chi connectivity index (χ3v) is 8.86. The number of pyridine rings is 1. The fraction of sp³-hybridized carbons (Fsp3) is 0.556. The maximum Gasteiger partial charge on any atom is 0.173 e. The molecule has 3 aromatic rings. The van der Waals surface area contributed by atoms with Crippen molar-refractivity contribution in [1.29, 1.82) is 0 Å². The van der Waals surface area contributed by atoms with Crippen molar-refractivity contribution in [2.45, 2.75) is 44.3 Å². The predicted molar refractivity (Wildman–Crippen MR) is 144 cm³/mol. The van der Waals surface area contributed by atoms with Crippen molar-refractivity contribution in [3.05, 3.63) is 65.6 Å². The summed E-state index contributed by atoms with van der Waals surface area (Å²) in [7, 11) is 0. The standard InChI is InChI=1S/C27H36N8S/c1-2-6-22(7-3-1)21-35-27(29-30-31-35)26(34-13-5-12-32(14-15-34)24-8-4-9-24)23-10-11-25(28-20-23)33-16-18-36-19-17-33/h1-3,6-7,10-11,20,24,26H,4-5,8-9,12-19,21H2. The smallest absolute Gasteiger partial charge is 0.173 e. The van der Waals surface area contributed by atoms with Gasteiger partial charge in [-0.2, -0.15) is 11.8 Å². The second-order valence-electron chi connectivity index (χ2n) is 10.1. The van der Waals surface area contributed by atoms with Gasteiger partial charge in [0.15, 0.2) is 5.82 Å². The number of hydrogen-bond donors (Lipinski definition) is 0. The van der Waals surface area contributed by atoms with Crippen molar-refractivity contribution in [3.8, 4) is 0 Å². The molecule has 8 nitrogen and oxygen atoms in total. The number of thioether (sulfide) groups is 1. The van der Waals surface area contributed by atoms with Gasteiger partial charge in [0, 0.05) is 56.5 Å². The number of tetrazole rings is 1. The minimum Gasteiger partial charge on any atom is -0.355 e. The molecule has 1 saturated carbocycles. The third kappa shape index (κ3) is 5.28. The Morgan fingerprint density at radius 3 is 2.50 bits per heavy atom. The van der Waals surface area contributed by atoms with Crippen LogP contribution in [-0.4, -0.2) is 91.8 Å². The van der Waals surface area contributed by atoms with E-state index in [-0.39, 0.29) is 6.04 Å². The Balaban J connectivity index is 1.29. The topological polar surface area (TPSA) is 66.2 Å². The molecule has 1 aliphatic carbocycles. The summed E-state index contributed by atoms with van der Waals surface area (Å²) in [5.41, 5.74) is 2.37. The van der Waals surface area contributed by atoms with Crippen LogP contribution in [0.15, 0.2) is 48.7 Å². The molecule has 9 heteroatoms. The lowest BCUT2D eigenvalue weighted by Crippen LogP contribution is -2.42. The van der Waals surface area contributed by atoms with Crippen LogP contribution in [0.5, 0.6) is 0 Å². The van der Waals surface area contributed by atoms with Gasteiger partial charge in [0.25, 0.3) is 0 Å². The first kappa shape index (κ1) is 23.9. The van der Waals surface area contributed by atoms with Gasteiger partial charge in [-0.15, -0.1) is 5.10 Å². The van der Waals surface area contributed by atoms with Gasteiger partial charge in [0.2, 0.25) is 0 Å². The Kier molecular flexibility index (Phi) is 7.48. The van der Waals surface area contributed by atoms with Crippen LogP contribution in [0.25, 0.3) is 0 Å². The number of nitrogens with zero attached hydrogens (tertiary/aromatic N) is 8. The van der Waals surface area contributed by atoms with E-state index in [0.29, 0.717) is 6.54 Å². The highest BCUT2D eigenvalue weighted by atomic mass is 32.2. The summed E-state index contributed by atoms with van der Waals surface area (Å²) in [6, 6.07) is 15.7. The fourth-order valence-corrected chi connectivity index (χ4v) is 6.57. The Bertz CT molecular complexity index is 1090. The van der Waals surface area contributed by atoms with Crippen LogP contribution >= 0.6 is 11.8 Å². The molecule has 36 heavy (non-hydrogen) atoms. The van der Waals surface area contributed by atoms with Gasteiger partial charge in [0.1, 0.15) is 5.82 Å². The largest absolute Gasteiger partial charge is 0.355 e. The SMILES string of the molecule is c1ccc(Cn2nnnc2C(c2ccc(N3CCSCC3)nc2)N2CCCN(C3CCC3)CC2)cc1. The number of hydrogen-bond acceptors (Lipinski definition) is 8. The minimum absolute atomic E-state index is 0.0106. The van der Waals surface area contributed by atoms with Crippen LogP contribution in [0.1, 0.15) is 48.7 Å². The second-order valence-corrected chi connectivity index (χ2v) is 11.4. The van der Waals surface area contributed by atoms with Gasteiger partial charge in [-0.1, -0.05) is 42.8 Å². The number of anilines is 1. The lowest BCUT2D eigenvalue weighted by atomic mass is 9.91. The summed E-state index contributed by atoms with van der Waals surface area (Å²) in [6.07, 6.45) is 7.34. The third-order valence-electron chi connectivity index (χ3n) is 7.92. The van der Waals surface area contributed by atoms with Gasteiger partial charge >= 0.3 is 0 Å². The monoisotopic (exact) mass is 504 g/mol. The van der Waals surface area contributed by atoms with E-state index in [9.17, 15) is 0 Å². The molecule has 0 N–H and O–H groups in total. The highest BCUT2D eigenvalue weighted by Crippen LogP contribution is 2.31. The van der Waals surface area contributed by atoms with Crippen LogP contribution in [0, 0.1) is 0 Å². The molecule has 6 rings (SSSR count). The maximum absolute atomic E-state index is 4.93. The molecule has 0 amide bonds. The normalized spacial score (nSPS) is 21.2. The quantitative estimate of drug-likeness (QED) is 0.486. The van der Waals surface area contributed by atoms with E-state index in [2.05, 4.69) is 72.8 Å². The first-order valence-electron chi connectivity index (χ1n) is 13.4. The molecule has 2 aromatic heterocycles. The average molecular weight is 505 g/mol. The Morgan fingerprint density at radius 2 is 1.75 bits per heavy atom. The molecule has 1 atom stereocenters. The molecule has 4 heterocycles. The van der Waals surface area contributed by atoms with E-state index in [1.54, 1.807) is 0 Å². The van der Waals surface area contributed by atoms with Crippen molar-refractivity contribution in [3.63, 3.8) is 0 Å². The van der Waals surface area contributed by atoms with E-state index in [0.717, 1.165) is 50.4 Å². The van der Waals surface area contributed by atoms with Gasteiger partial charge in [-0.3, -0.25) is 9.80 Å². The summed E-state index contributed by atoms with van der Waals surface area (Å²) in [6.45, 7) is 7.16. The molecule has 3 fully saturated rings. The summed E-state index contributed by atoms with van der Waals surface area (Å²) < 4.78 is 1.98. The first-order chi connectivity index (χ1) is 17.8. The van der Waals surface area contributed by atoms with E-state index in [1.165, 1.54) is 54.9 Å². The zero-order valence-corrected chi connectivity index (χ0v) is 21.8. The van der Waals surface area contributed by atoms with Crippen LogP contribution < -0.4 is 4.90 Å². The van der Waals surface area contributed by atoms with Gasteiger partial charge < -0.3 is 4.90 Å². The van der Waals surface area contributed by atoms with Gasteiger partial charge in [-0.05, 0) is 53.4 Å². The second kappa shape index (κ2) is 11.3. The van der Waals surface area contributed by atoms with E-state index >= 15 is 0 Å². The molecule has 0 spiro atoms. The molecule has 190 valence electrons. The van der Waals surface area contributed by atoms with Crippen LogP contribution in [0.2, 0.25) is 0 Å².